The van der Waals surface area contributed by atoms with E-state index in [0.29, 0.717) is 5.82 Å². The van der Waals surface area contributed by atoms with Crippen LogP contribution in [-0.2, 0) is 0 Å². The molecule has 2 rings (SSSR count). The molecule has 1 fully saturated rings. The molecule has 0 N–H and O–H groups in total. The zero-order chi connectivity index (χ0) is 11.5. The van der Waals surface area contributed by atoms with Crippen LogP contribution < -0.4 is 4.90 Å². The summed E-state index contributed by atoms with van der Waals surface area (Å²) in [5, 5.41) is 0. The first-order chi connectivity index (χ1) is 7.70. The van der Waals surface area contributed by atoms with E-state index in [1.165, 1.54) is 12.3 Å². The monoisotopic (exact) mass is 220 g/mol. The van der Waals surface area contributed by atoms with Crippen LogP contribution in [0.4, 0.5) is 15.9 Å². The van der Waals surface area contributed by atoms with Gasteiger partial charge in [-0.1, -0.05) is 0 Å². The molecule has 5 heteroatoms. The number of likely N-dealkylation sites (N-methyl/N-ethyl adjacent to an activating group) is 1. The van der Waals surface area contributed by atoms with Crippen LogP contribution in [-0.4, -0.2) is 43.1 Å². The van der Waals surface area contributed by atoms with E-state index in [0.717, 1.165) is 26.2 Å². The molecule has 0 unspecified atom stereocenters. The Morgan fingerprint density at radius 1 is 1.38 bits per heavy atom. The van der Waals surface area contributed by atoms with Crippen LogP contribution in [0.2, 0.25) is 0 Å². The Labute approximate surface area is 94.1 Å². The third-order valence-corrected chi connectivity index (χ3v) is 2.74. The maximum absolute atomic E-state index is 13.7. The van der Waals surface area contributed by atoms with E-state index in [1.807, 2.05) is 11.9 Å². The lowest BCUT2D eigenvalue weighted by Gasteiger charge is -2.33. The molecule has 0 bridgehead atoms. The first-order valence-corrected chi connectivity index (χ1v) is 5.17. The zero-order valence-corrected chi connectivity index (χ0v) is 9.15. The molecule has 0 aromatic carbocycles. The van der Waals surface area contributed by atoms with Crippen LogP contribution in [0, 0.1) is 12.4 Å². The van der Waals surface area contributed by atoms with Crippen LogP contribution in [0.3, 0.4) is 0 Å². The van der Waals surface area contributed by atoms with Gasteiger partial charge in [0, 0.05) is 32.4 Å². The average Bonchev–Trinajstić information content (AvgIpc) is 2.30. The van der Waals surface area contributed by atoms with Crippen LogP contribution in [0.5, 0.6) is 0 Å². The van der Waals surface area contributed by atoms with Crippen molar-refractivity contribution < 1.29 is 4.39 Å². The average molecular weight is 220 g/mol. The smallest absolute Gasteiger partial charge is 0.208 e. The number of pyridine rings is 1. The minimum atomic E-state index is -0.405. The van der Waals surface area contributed by atoms with E-state index in [1.54, 1.807) is 0 Å². The highest BCUT2D eigenvalue weighted by atomic mass is 19.1. The highest BCUT2D eigenvalue weighted by Crippen LogP contribution is 2.21. The summed E-state index contributed by atoms with van der Waals surface area (Å²) in [6.07, 6.45) is 1.42. The van der Waals surface area contributed by atoms with Gasteiger partial charge in [-0.2, -0.15) is 0 Å². The number of hydrogen-bond acceptors (Lipinski definition) is 3. The number of nitrogens with zero attached hydrogens (tertiary/aromatic N) is 4. The van der Waals surface area contributed by atoms with Gasteiger partial charge in [-0.3, -0.25) is 0 Å². The predicted octanol–water partition coefficient (Wildman–Crippen LogP) is 1.52. The fourth-order valence-corrected chi connectivity index (χ4v) is 1.73. The second-order valence-electron chi connectivity index (χ2n) is 3.90. The Morgan fingerprint density at radius 2 is 2.06 bits per heavy atom. The maximum Gasteiger partial charge on any atom is 0.208 e. The van der Waals surface area contributed by atoms with Crippen molar-refractivity contribution in [3.8, 4) is 0 Å². The Morgan fingerprint density at radius 3 is 2.62 bits per heavy atom. The Balaban J connectivity index is 2.18. The maximum atomic E-state index is 13.7. The molecule has 1 aromatic heterocycles. The van der Waals surface area contributed by atoms with Gasteiger partial charge in [0.25, 0.3) is 0 Å². The molecule has 16 heavy (non-hydrogen) atoms. The molecule has 2 heterocycles. The van der Waals surface area contributed by atoms with Gasteiger partial charge < -0.3 is 9.80 Å². The summed E-state index contributed by atoms with van der Waals surface area (Å²) in [5.41, 5.74) is 0.246. The van der Waals surface area contributed by atoms with Gasteiger partial charge in [0.15, 0.2) is 11.6 Å². The number of halogens is 1. The first-order valence-electron chi connectivity index (χ1n) is 5.17. The molecule has 1 aliphatic rings. The molecule has 0 radical (unpaired) electrons. The summed E-state index contributed by atoms with van der Waals surface area (Å²) in [6, 6.07) is 1.24. The van der Waals surface area contributed by atoms with Crippen molar-refractivity contribution in [2.24, 2.45) is 0 Å². The van der Waals surface area contributed by atoms with E-state index >= 15 is 0 Å². The van der Waals surface area contributed by atoms with Crippen LogP contribution in [0.25, 0.3) is 4.85 Å². The van der Waals surface area contributed by atoms with Gasteiger partial charge in [0.1, 0.15) is 0 Å². The lowest BCUT2D eigenvalue weighted by Crippen LogP contribution is -2.45. The fourth-order valence-electron chi connectivity index (χ4n) is 1.73. The number of piperazine rings is 1. The summed E-state index contributed by atoms with van der Waals surface area (Å²) in [4.78, 5) is 11.3. The lowest BCUT2D eigenvalue weighted by atomic mass is 10.3. The lowest BCUT2D eigenvalue weighted by molar-refractivity contribution is 0.311. The molecule has 1 aliphatic heterocycles. The molecule has 1 saturated heterocycles. The van der Waals surface area contributed by atoms with E-state index in [4.69, 9.17) is 6.57 Å². The summed E-state index contributed by atoms with van der Waals surface area (Å²) in [5.74, 6) is -0.0430. The number of anilines is 1. The van der Waals surface area contributed by atoms with E-state index in [-0.39, 0.29) is 5.69 Å². The topological polar surface area (TPSA) is 23.7 Å². The van der Waals surface area contributed by atoms with Crippen molar-refractivity contribution in [3.05, 3.63) is 29.5 Å². The van der Waals surface area contributed by atoms with Gasteiger partial charge in [0.05, 0.1) is 6.57 Å². The molecule has 1 aromatic rings. The van der Waals surface area contributed by atoms with Crippen molar-refractivity contribution in [2.45, 2.75) is 0 Å². The van der Waals surface area contributed by atoms with Crippen molar-refractivity contribution in [3.63, 3.8) is 0 Å². The second-order valence-corrected chi connectivity index (χ2v) is 3.90. The summed E-state index contributed by atoms with van der Waals surface area (Å²) >= 11 is 0. The Kier molecular flexibility index (Phi) is 3.02. The Hall–Kier alpha value is -1.67. The molecule has 84 valence electrons. The van der Waals surface area contributed by atoms with Gasteiger partial charge in [-0.25, -0.2) is 14.2 Å². The van der Waals surface area contributed by atoms with Crippen LogP contribution in [0.15, 0.2) is 12.3 Å². The molecular weight excluding hydrogens is 207 g/mol. The first kappa shape index (κ1) is 10.8. The van der Waals surface area contributed by atoms with Crippen LogP contribution >= 0.6 is 0 Å². The number of hydrogen-bond donors (Lipinski definition) is 0. The standard InChI is InChI=1S/C11H13FN4/c1-13-9-7-10(12)11(14-8-9)16-5-3-15(2)4-6-16/h7-8H,3-6H2,2H3. The molecule has 0 aliphatic carbocycles. The van der Waals surface area contributed by atoms with Gasteiger partial charge >= 0.3 is 0 Å². The minimum Gasteiger partial charge on any atom is -0.352 e. The van der Waals surface area contributed by atoms with Crippen molar-refractivity contribution >= 4 is 11.5 Å². The highest BCUT2D eigenvalue weighted by molar-refractivity contribution is 5.50. The molecule has 0 amide bonds. The summed E-state index contributed by atoms with van der Waals surface area (Å²) in [6.45, 7) is 10.1. The summed E-state index contributed by atoms with van der Waals surface area (Å²) < 4.78 is 13.7. The van der Waals surface area contributed by atoms with Gasteiger partial charge in [0.2, 0.25) is 5.69 Å². The predicted molar refractivity (Wildman–Crippen MR) is 60.2 cm³/mol. The number of aromatic nitrogens is 1. The van der Waals surface area contributed by atoms with Crippen molar-refractivity contribution in [1.82, 2.24) is 9.88 Å². The third kappa shape index (κ3) is 2.12. The van der Waals surface area contributed by atoms with Crippen molar-refractivity contribution in [2.75, 3.05) is 38.1 Å². The normalized spacial score (nSPS) is 17.2. The highest BCUT2D eigenvalue weighted by Gasteiger charge is 2.18. The van der Waals surface area contributed by atoms with E-state index in [2.05, 4.69) is 14.7 Å². The molecule has 0 spiro atoms. The van der Waals surface area contributed by atoms with E-state index in [9.17, 15) is 4.39 Å². The third-order valence-electron chi connectivity index (χ3n) is 2.74. The molecular formula is C11H13FN4. The van der Waals surface area contributed by atoms with Gasteiger partial charge in [-0.15, -0.1) is 0 Å². The quantitative estimate of drug-likeness (QED) is 0.670. The largest absolute Gasteiger partial charge is 0.352 e. The molecule has 0 atom stereocenters. The second kappa shape index (κ2) is 4.45. The van der Waals surface area contributed by atoms with Gasteiger partial charge in [-0.05, 0) is 13.1 Å². The van der Waals surface area contributed by atoms with E-state index < -0.39 is 5.82 Å². The fraction of sp³-hybridized carbons (Fsp3) is 0.455. The summed E-state index contributed by atoms with van der Waals surface area (Å²) in [7, 11) is 2.04. The van der Waals surface area contributed by atoms with Crippen molar-refractivity contribution in [1.29, 1.82) is 0 Å². The zero-order valence-electron chi connectivity index (χ0n) is 9.15. The minimum absolute atomic E-state index is 0.246. The number of rotatable bonds is 1. The van der Waals surface area contributed by atoms with Crippen LogP contribution in [0.1, 0.15) is 0 Å². The Bertz CT molecular complexity index is 418. The SMILES string of the molecule is [C-]#[N+]c1cnc(N2CCN(C)CC2)c(F)c1. The molecule has 4 nitrogen and oxygen atoms in total. The molecule has 0 saturated carbocycles.